The van der Waals surface area contributed by atoms with Crippen molar-refractivity contribution in [2.45, 2.75) is 24.8 Å². The number of aromatic nitrogens is 2. The molecule has 0 fully saturated rings. The van der Waals surface area contributed by atoms with Crippen LogP contribution in [0, 0.1) is 13.8 Å². The average Bonchev–Trinajstić information content (AvgIpc) is 2.62. The second-order valence-corrected chi connectivity index (χ2v) is 6.54. The van der Waals surface area contributed by atoms with Crippen molar-refractivity contribution in [2.24, 2.45) is 0 Å². The number of benzene rings is 1. The van der Waals surface area contributed by atoms with E-state index in [-0.39, 0.29) is 5.75 Å². The molecule has 0 spiro atoms. The van der Waals surface area contributed by atoms with E-state index >= 15 is 0 Å². The molecule has 132 valence electrons. The minimum absolute atomic E-state index is 0.142. The summed E-state index contributed by atoms with van der Waals surface area (Å²) in [6.45, 7) is 3.80. The lowest BCUT2D eigenvalue weighted by Gasteiger charge is -2.05. The summed E-state index contributed by atoms with van der Waals surface area (Å²) in [5.74, 6) is 0.0918. The second kappa shape index (κ2) is 7.97. The average molecular weight is 368 g/mol. The highest BCUT2D eigenvalue weighted by Crippen LogP contribution is 2.19. The van der Waals surface area contributed by atoms with Crippen LogP contribution in [-0.2, 0) is 5.75 Å². The summed E-state index contributed by atoms with van der Waals surface area (Å²) in [7, 11) is 0. The molecule has 0 N–H and O–H groups in total. The van der Waals surface area contributed by atoms with E-state index in [0.717, 1.165) is 17.5 Å². The number of carbonyl (C=O) groups excluding carboxylic acids is 1. The van der Waals surface area contributed by atoms with Crippen LogP contribution in [0.5, 0.6) is 5.75 Å². The topological polar surface area (TPSA) is 82.3 Å². The third kappa shape index (κ3) is 4.58. The van der Waals surface area contributed by atoms with E-state index in [2.05, 4.69) is 9.97 Å². The number of hydrogen-bond donors (Lipinski definition) is 0. The molecule has 7 heteroatoms. The second-order valence-electron chi connectivity index (χ2n) is 5.60. The van der Waals surface area contributed by atoms with E-state index in [1.165, 1.54) is 17.8 Å². The molecule has 0 aliphatic carbocycles. The van der Waals surface area contributed by atoms with Gasteiger partial charge in [-0.05, 0) is 32.0 Å². The Balaban J connectivity index is 1.66. The molecular weight excluding hydrogens is 352 g/mol. The number of esters is 1. The molecule has 1 aromatic carbocycles. The van der Waals surface area contributed by atoms with Crippen molar-refractivity contribution in [3.63, 3.8) is 0 Å². The van der Waals surface area contributed by atoms with E-state index in [4.69, 9.17) is 9.15 Å². The summed E-state index contributed by atoms with van der Waals surface area (Å²) in [5, 5.41) is 0.600. The van der Waals surface area contributed by atoms with Crippen molar-refractivity contribution in [3.8, 4) is 5.75 Å². The minimum Gasteiger partial charge on any atom is -0.464 e. The Morgan fingerprint density at radius 1 is 1.19 bits per heavy atom. The lowest BCUT2D eigenvalue weighted by Crippen LogP contribution is -2.14. The first kappa shape index (κ1) is 17.9. The number of hydrogen-bond acceptors (Lipinski definition) is 7. The quantitative estimate of drug-likeness (QED) is 0.387. The number of rotatable bonds is 5. The number of aryl methyl sites for hydroxylation is 2. The van der Waals surface area contributed by atoms with Crippen LogP contribution in [0.25, 0.3) is 0 Å². The highest BCUT2D eigenvalue weighted by Gasteiger charge is 2.12. The number of ether oxygens (including phenoxy) is 1. The molecule has 26 heavy (non-hydrogen) atoms. The van der Waals surface area contributed by atoms with Gasteiger partial charge in [0.1, 0.15) is 12.0 Å². The molecule has 0 amide bonds. The van der Waals surface area contributed by atoms with Crippen molar-refractivity contribution < 1.29 is 13.9 Å². The summed E-state index contributed by atoms with van der Waals surface area (Å²) in [6.07, 6.45) is 2.83. The number of thioether (sulfide) groups is 1. The Morgan fingerprint density at radius 3 is 2.65 bits per heavy atom. The van der Waals surface area contributed by atoms with E-state index in [1.54, 1.807) is 36.5 Å². The molecule has 3 aromatic rings. The Morgan fingerprint density at radius 2 is 1.96 bits per heavy atom. The molecule has 0 saturated heterocycles. The monoisotopic (exact) mass is 368 g/mol. The van der Waals surface area contributed by atoms with Crippen molar-refractivity contribution in [1.29, 1.82) is 0 Å². The van der Waals surface area contributed by atoms with Gasteiger partial charge in [0.15, 0.2) is 5.16 Å². The third-order valence-corrected chi connectivity index (χ3v) is 4.34. The first-order valence-electron chi connectivity index (χ1n) is 7.84. The molecule has 2 aromatic heterocycles. The van der Waals surface area contributed by atoms with Crippen LogP contribution in [-0.4, -0.2) is 15.9 Å². The Kier molecular flexibility index (Phi) is 5.48. The largest absolute Gasteiger partial charge is 0.464 e. The Bertz CT molecular complexity index is 983. The van der Waals surface area contributed by atoms with Gasteiger partial charge in [0.2, 0.25) is 11.2 Å². The number of carbonyl (C=O) groups is 1. The van der Waals surface area contributed by atoms with Gasteiger partial charge in [0, 0.05) is 18.0 Å². The van der Waals surface area contributed by atoms with Gasteiger partial charge < -0.3 is 9.15 Å². The molecule has 0 aliphatic rings. The summed E-state index contributed by atoms with van der Waals surface area (Å²) in [5.41, 5.74) is 1.84. The zero-order chi connectivity index (χ0) is 18.5. The summed E-state index contributed by atoms with van der Waals surface area (Å²) < 4.78 is 10.5. The lowest BCUT2D eigenvalue weighted by atomic mass is 10.1. The van der Waals surface area contributed by atoms with Crippen LogP contribution in [0.4, 0.5) is 0 Å². The van der Waals surface area contributed by atoms with Gasteiger partial charge in [-0.25, -0.2) is 14.8 Å². The number of nitrogens with zero attached hydrogens (tertiary/aromatic N) is 2. The SMILES string of the molecule is Cc1ccc(C(=O)Oc2coc(CSc3nccc(C)n3)cc2=O)cc1. The predicted molar refractivity (Wildman–Crippen MR) is 97.4 cm³/mol. The van der Waals surface area contributed by atoms with Gasteiger partial charge in [-0.1, -0.05) is 29.5 Å². The zero-order valence-electron chi connectivity index (χ0n) is 14.3. The van der Waals surface area contributed by atoms with Crippen LogP contribution >= 0.6 is 11.8 Å². The highest BCUT2D eigenvalue weighted by molar-refractivity contribution is 7.98. The molecule has 6 nitrogen and oxygen atoms in total. The molecule has 0 atom stereocenters. The maximum absolute atomic E-state index is 12.1. The smallest absolute Gasteiger partial charge is 0.343 e. The maximum Gasteiger partial charge on any atom is 0.343 e. The first-order valence-corrected chi connectivity index (χ1v) is 8.83. The van der Waals surface area contributed by atoms with Gasteiger partial charge in [-0.15, -0.1) is 0 Å². The fourth-order valence-electron chi connectivity index (χ4n) is 2.07. The highest BCUT2D eigenvalue weighted by atomic mass is 32.2. The minimum atomic E-state index is -0.604. The normalized spacial score (nSPS) is 10.5. The first-order chi connectivity index (χ1) is 12.5. The maximum atomic E-state index is 12.1. The van der Waals surface area contributed by atoms with Gasteiger partial charge in [0.05, 0.1) is 11.3 Å². The van der Waals surface area contributed by atoms with E-state index in [0.29, 0.717) is 22.2 Å². The molecule has 3 rings (SSSR count). The predicted octanol–water partition coefficient (Wildman–Crippen LogP) is 3.56. The van der Waals surface area contributed by atoms with Crippen molar-refractivity contribution in [3.05, 3.63) is 81.7 Å². The van der Waals surface area contributed by atoms with Crippen LogP contribution in [0.1, 0.15) is 27.4 Å². The van der Waals surface area contributed by atoms with E-state index in [9.17, 15) is 9.59 Å². The molecule has 0 unspecified atom stereocenters. The van der Waals surface area contributed by atoms with Crippen LogP contribution in [0.3, 0.4) is 0 Å². The summed E-state index contributed by atoms with van der Waals surface area (Å²) >= 11 is 1.35. The van der Waals surface area contributed by atoms with Gasteiger partial charge in [0.25, 0.3) is 0 Å². The molecule has 0 saturated carbocycles. The zero-order valence-corrected chi connectivity index (χ0v) is 15.1. The molecule has 0 aliphatic heterocycles. The van der Waals surface area contributed by atoms with Crippen molar-refractivity contribution >= 4 is 17.7 Å². The molecular formula is C19H16N2O4S. The van der Waals surface area contributed by atoms with Crippen molar-refractivity contribution in [2.75, 3.05) is 0 Å². The molecule has 2 heterocycles. The Labute approximate surface area is 154 Å². The van der Waals surface area contributed by atoms with Gasteiger partial charge >= 0.3 is 5.97 Å². The van der Waals surface area contributed by atoms with Crippen LogP contribution < -0.4 is 10.2 Å². The fraction of sp³-hybridized carbons (Fsp3) is 0.158. The molecule has 0 radical (unpaired) electrons. The standard InChI is InChI=1S/C19H16N2O4S/c1-12-3-5-14(6-4-12)18(23)25-17-10-24-15(9-16(17)22)11-26-19-20-8-7-13(2)21-19/h3-10H,11H2,1-2H3. The van der Waals surface area contributed by atoms with E-state index in [1.807, 2.05) is 13.8 Å². The fourth-order valence-corrected chi connectivity index (χ4v) is 2.83. The lowest BCUT2D eigenvalue weighted by molar-refractivity contribution is 0.0729. The Hall–Kier alpha value is -2.93. The third-order valence-electron chi connectivity index (χ3n) is 3.46. The van der Waals surface area contributed by atoms with Crippen LogP contribution in [0.15, 0.2) is 63.2 Å². The van der Waals surface area contributed by atoms with Crippen LogP contribution in [0.2, 0.25) is 0 Å². The summed E-state index contributed by atoms with van der Waals surface area (Å²) in [4.78, 5) is 32.6. The van der Waals surface area contributed by atoms with E-state index < -0.39 is 11.4 Å². The van der Waals surface area contributed by atoms with Gasteiger partial charge in [-0.3, -0.25) is 4.79 Å². The van der Waals surface area contributed by atoms with Gasteiger partial charge in [-0.2, -0.15) is 0 Å². The van der Waals surface area contributed by atoms with Crippen molar-refractivity contribution in [1.82, 2.24) is 9.97 Å². The summed E-state index contributed by atoms with van der Waals surface area (Å²) in [6, 6.07) is 10.00. The molecule has 0 bridgehead atoms.